The Morgan fingerprint density at radius 1 is 0.533 bits per heavy atom. The van der Waals surface area contributed by atoms with E-state index >= 15 is 0 Å². The molecule has 0 fully saturated rings. The molecule has 6 heteroatoms. The highest BCUT2D eigenvalue weighted by Crippen LogP contribution is 2.36. The van der Waals surface area contributed by atoms with Gasteiger partial charge >= 0.3 is 5.97 Å². The number of allylic oxidation sites excluding steroid dienone is 12. The van der Waals surface area contributed by atoms with E-state index in [4.69, 9.17) is 4.74 Å². The molecule has 256 valence electrons. The number of ketones is 1. The zero-order valence-corrected chi connectivity index (χ0v) is 29.9. The van der Waals surface area contributed by atoms with Gasteiger partial charge in [-0.1, -0.05) is 69.9 Å². The van der Waals surface area contributed by atoms with E-state index in [9.17, 15) is 24.9 Å². The van der Waals surface area contributed by atoms with E-state index < -0.39 is 36.6 Å². The Morgan fingerprint density at radius 2 is 0.889 bits per heavy atom. The van der Waals surface area contributed by atoms with Gasteiger partial charge < -0.3 is 20.1 Å². The quantitative estimate of drug-likeness (QED) is 0.0594. The lowest BCUT2D eigenvalue weighted by Crippen LogP contribution is -2.45. The Bertz CT molecular complexity index is 1030. The van der Waals surface area contributed by atoms with Crippen LogP contribution in [-0.4, -0.2) is 53.5 Å². The van der Waals surface area contributed by atoms with Gasteiger partial charge in [0.05, 0.1) is 25.2 Å². The van der Waals surface area contributed by atoms with Crippen molar-refractivity contribution in [2.24, 2.45) is 10.8 Å². The lowest BCUT2D eigenvalue weighted by Gasteiger charge is -2.32. The van der Waals surface area contributed by atoms with E-state index in [2.05, 4.69) is 72.8 Å². The van der Waals surface area contributed by atoms with Crippen LogP contribution in [0.5, 0.6) is 0 Å². The maximum absolute atomic E-state index is 14.2. The number of ether oxygens (including phenoxy) is 1. The fraction of sp³-hybridized carbons (Fsp3) is 0.641. The zero-order chi connectivity index (χ0) is 34.5. The van der Waals surface area contributed by atoms with E-state index in [0.29, 0.717) is 6.42 Å². The molecule has 0 spiro atoms. The monoisotopic (exact) mass is 628 g/mol. The van der Waals surface area contributed by atoms with Crippen LogP contribution in [0.2, 0.25) is 0 Å². The second-order valence-electron chi connectivity index (χ2n) is 13.6. The third-order valence-electron chi connectivity index (χ3n) is 8.18. The molecule has 0 aliphatic carbocycles. The number of aliphatic hydroxyl groups excluding tert-OH is 3. The van der Waals surface area contributed by atoms with Crippen LogP contribution in [0, 0.1) is 10.8 Å². The predicted octanol–water partition coefficient (Wildman–Crippen LogP) is 8.69. The summed E-state index contributed by atoms with van der Waals surface area (Å²) >= 11 is 0. The largest absolute Gasteiger partial charge is 0.464 e. The maximum Gasteiger partial charge on any atom is 0.320 e. The molecular formula is C39H64O6. The Morgan fingerprint density at radius 3 is 1.24 bits per heavy atom. The molecule has 0 aromatic heterocycles. The van der Waals surface area contributed by atoms with Gasteiger partial charge in [0.1, 0.15) is 12.0 Å². The first-order valence-electron chi connectivity index (χ1n) is 16.6. The molecule has 0 aliphatic heterocycles. The van der Waals surface area contributed by atoms with Gasteiger partial charge in [-0.3, -0.25) is 9.59 Å². The van der Waals surface area contributed by atoms with E-state index in [-0.39, 0.29) is 31.7 Å². The fourth-order valence-electron chi connectivity index (χ4n) is 4.69. The van der Waals surface area contributed by atoms with Crippen LogP contribution in [0.4, 0.5) is 0 Å². The summed E-state index contributed by atoms with van der Waals surface area (Å²) in [5.41, 5.74) is 4.30. The van der Waals surface area contributed by atoms with Gasteiger partial charge in [0, 0.05) is 6.42 Å². The summed E-state index contributed by atoms with van der Waals surface area (Å²) < 4.78 is 5.72. The minimum atomic E-state index is -1.47. The van der Waals surface area contributed by atoms with Gasteiger partial charge in [-0.15, -0.1) is 0 Å². The summed E-state index contributed by atoms with van der Waals surface area (Å²) in [6.07, 6.45) is 19.0. The van der Waals surface area contributed by atoms with Crippen LogP contribution in [0.25, 0.3) is 0 Å². The number of esters is 1. The number of aliphatic hydroxyl groups is 3. The van der Waals surface area contributed by atoms with E-state index in [1.807, 2.05) is 26.0 Å². The molecule has 0 atom stereocenters. The minimum Gasteiger partial charge on any atom is -0.464 e. The maximum atomic E-state index is 14.2. The van der Waals surface area contributed by atoms with Gasteiger partial charge in [-0.05, 0) is 120 Å². The number of hydrogen-bond acceptors (Lipinski definition) is 6. The Labute approximate surface area is 274 Å². The highest BCUT2D eigenvalue weighted by atomic mass is 16.5. The molecule has 0 aliphatic rings. The zero-order valence-electron chi connectivity index (χ0n) is 29.9. The molecule has 0 rings (SSSR count). The average molecular weight is 629 g/mol. The lowest BCUT2D eigenvalue weighted by molar-refractivity contribution is -0.166. The van der Waals surface area contributed by atoms with Crippen LogP contribution in [0.15, 0.2) is 69.9 Å². The van der Waals surface area contributed by atoms with E-state index in [0.717, 1.165) is 49.7 Å². The lowest BCUT2D eigenvalue weighted by atomic mass is 9.74. The van der Waals surface area contributed by atoms with Crippen LogP contribution in [0.1, 0.15) is 127 Å². The third-order valence-corrected chi connectivity index (χ3v) is 8.18. The highest BCUT2D eigenvalue weighted by Gasteiger charge is 2.46. The smallest absolute Gasteiger partial charge is 0.320 e. The van der Waals surface area contributed by atoms with Crippen molar-refractivity contribution in [2.45, 2.75) is 127 Å². The van der Waals surface area contributed by atoms with E-state index in [1.54, 1.807) is 0 Å². The highest BCUT2D eigenvalue weighted by molar-refractivity contribution is 6.04. The van der Waals surface area contributed by atoms with Crippen molar-refractivity contribution in [2.75, 3.05) is 26.4 Å². The number of carbonyl (C=O) groups excluding carboxylic acids is 2. The van der Waals surface area contributed by atoms with Gasteiger partial charge in [0.15, 0.2) is 5.78 Å². The SMILES string of the molecule is CC(C)=CCCC(C)=CCC(CC=C(C)CCC=C(C)C)(C(=O)CC/C=C(\C)CCC=C(C)C)C(=O)OCC(CO)(CO)CO. The first kappa shape index (κ1) is 42.5. The normalized spacial score (nSPS) is 14.0. The predicted molar refractivity (Wildman–Crippen MR) is 188 cm³/mol. The molecule has 45 heavy (non-hydrogen) atoms. The minimum absolute atomic E-state index is 0.190. The fourth-order valence-corrected chi connectivity index (χ4v) is 4.69. The van der Waals surface area contributed by atoms with Crippen LogP contribution >= 0.6 is 0 Å². The Balaban J connectivity index is 6.53. The average Bonchev–Trinajstić information content (AvgIpc) is 2.97. The molecule has 0 aromatic rings. The first-order chi connectivity index (χ1) is 21.2. The van der Waals surface area contributed by atoms with Gasteiger partial charge in [-0.25, -0.2) is 0 Å². The summed E-state index contributed by atoms with van der Waals surface area (Å²) in [7, 11) is 0. The van der Waals surface area contributed by atoms with E-state index in [1.165, 1.54) is 22.3 Å². The van der Waals surface area contributed by atoms with Crippen molar-refractivity contribution in [3.05, 3.63) is 69.9 Å². The summed E-state index contributed by atoms with van der Waals surface area (Å²) in [5, 5.41) is 29.5. The van der Waals surface area contributed by atoms with Gasteiger partial charge in [0.25, 0.3) is 0 Å². The molecule has 0 amide bonds. The Hall–Kier alpha value is -2.54. The van der Waals surface area contributed by atoms with Gasteiger partial charge in [-0.2, -0.15) is 0 Å². The molecule has 0 radical (unpaired) electrons. The second-order valence-corrected chi connectivity index (χ2v) is 13.6. The van der Waals surface area contributed by atoms with Crippen molar-refractivity contribution in [1.82, 2.24) is 0 Å². The molecule has 0 aromatic carbocycles. The molecule has 0 bridgehead atoms. The van der Waals surface area contributed by atoms with Crippen LogP contribution in [0.3, 0.4) is 0 Å². The summed E-state index contributed by atoms with van der Waals surface area (Å²) in [6, 6.07) is 0. The molecule has 0 unspecified atom stereocenters. The standard InChI is InChI=1S/C39H64O6/c1-30(2)14-10-17-33(7)20-13-21-36(43)39(24-22-34(8)18-11-15-31(3)4,25-23-35(9)19-12-16-32(5)6)37(44)45-29-38(26-40,27-41)28-42/h14-16,20,22-23,40-42H,10-13,17-19,21,24-29H2,1-9H3/b33-20+,34-22?,35-23?. The third kappa shape index (κ3) is 17.7. The van der Waals surface area contributed by atoms with Crippen LogP contribution < -0.4 is 0 Å². The van der Waals surface area contributed by atoms with Crippen LogP contribution in [-0.2, 0) is 14.3 Å². The number of carbonyl (C=O) groups is 2. The summed E-state index contributed by atoms with van der Waals surface area (Å²) in [6.45, 7) is 16.5. The summed E-state index contributed by atoms with van der Waals surface area (Å²) in [5.74, 6) is -0.872. The first-order valence-corrected chi connectivity index (χ1v) is 16.6. The molecular weight excluding hydrogens is 564 g/mol. The van der Waals surface area contributed by atoms with Crippen molar-refractivity contribution in [1.29, 1.82) is 0 Å². The van der Waals surface area contributed by atoms with Crippen molar-refractivity contribution < 1.29 is 29.6 Å². The second kappa shape index (κ2) is 22.9. The van der Waals surface area contributed by atoms with Crippen molar-refractivity contribution in [3.8, 4) is 0 Å². The Kier molecular flexibility index (Phi) is 21.6. The number of rotatable bonds is 23. The summed E-state index contributed by atoms with van der Waals surface area (Å²) in [4.78, 5) is 28.2. The molecule has 0 heterocycles. The number of Topliss-reactive ketones (excluding diaryl/α,β-unsaturated/α-hetero) is 1. The molecule has 3 N–H and O–H groups in total. The topological polar surface area (TPSA) is 104 Å². The van der Waals surface area contributed by atoms with Crippen molar-refractivity contribution >= 4 is 11.8 Å². The van der Waals surface area contributed by atoms with Gasteiger partial charge in [0.2, 0.25) is 0 Å². The molecule has 0 saturated carbocycles. The number of hydrogen-bond donors (Lipinski definition) is 3. The molecule has 0 saturated heterocycles. The van der Waals surface area contributed by atoms with Crippen molar-refractivity contribution in [3.63, 3.8) is 0 Å². The molecule has 6 nitrogen and oxygen atoms in total.